The number of aromatic nitrogens is 5. The summed E-state index contributed by atoms with van der Waals surface area (Å²) in [5.41, 5.74) is 2.73. The molecule has 0 radical (unpaired) electrons. The molecule has 0 atom stereocenters. The van der Waals surface area contributed by atoms with Crippen molar-refractivity contribution in [1.29, 1.82) is 0 Å². The topological polar surface area (TPSA) is 77.6 Å². The van der Waals surface area contributed by atoms with Crippen LogP contribution in [0.1, 0.15) is 21.5 Å². The van der Waals surface area contributed by atoms with E-state index in [1.54, 1.807) is 35.1 Å². The van der Waals surface area contributed by atoms with E-state index in [4.69, 9.17) is 0 Å². The van der Waals surface area contributed by atoms with Crippen LogP contribution in [0.15, 0.2) is 49.3 Å². The Morgan fingerprint density at radius 2 is 1.95 bits per heavy atom. The van der Waals surface area contributed by atoms with Crippen molar-refractivity contribution >= 4 is 5.91 Å². The number of carbonyl (C=O) groups is 1. The molecule has 2 aromatic heterocycles. The minimum absolute atomic E-state index is 0.125. The van der Waals surface area contributed by atoms with Crippen LogP contribution in [0.3, 0.4) is 0 Å². The number of amides is 1. The fourth-order valence-corrected chi connectivity index (χ4v) is 2.09. The lowest BCUT2D eigenvalue weighted by Crippen LogP contribution is -2.22. The Morgan fingerprint density at radius 3 is 2.59 bits per heavy atom. The van der Waals surface area contributed by atoms with Crippen LogP contribution in [0.2, 0.25) is 0 Å². The number of nitrogens with one attached hydrogen (secondary N) is 1. The highest BCUT2D eigenvalue weighted by Gasteiger charge is 2.07. The minimum atomic E-state index is -0.125. The first kappa shape index (κ1) is 14.0. The molecule has 1 N–H and O–H groups in total. The molecule has 0 aliphatic rings. The smallest absolute Gasteiger partial charge is 0.254 e. The molecule has 22 heavy (non-hydrogen) atoms. The first-order valence-corrected chi connectivity index (χ1v) is 6.88. The lowest BCUT2D eigenvalue weighted by atomic mass is 10.1. The summed E-state index contributed by atoms with van der Waals surface area (Å²) in [6.07, 6.45) is 6.44. The van der Waals surface area contributed by atoms with Crippen LogP contribution >= 0.6 is 0 Å². The van der Waals surface area contributed by atoms with E-state index in [0.717, 1.165) is 11.1 Å². The van der Waals surface area contributed by atoms with Gasteiger partial charge >= 0.3 is 0 Å². The second-order valence-electron chi connectivity index (χ2n) is 4.99. The van der Waals surface area contributed by atoms with Crippen molar-refractivity contribution in [3.63, 3.8) is 0 Å². The first-order valence-electron chi connectivity index (χ1n) is 6.88. The lowest BCUT2D eigenvalue weighted by molar-refractivity contribution is 0.0951. The summed E-state index contributed by atoms with van der Waals surface area (Å²) in [7, 11) is 1.78. The van der Waals surface area contributed by atoms with Crippen molar-refractivity contribution in [3.8, 4) is 0 Å². The van der Waals surface area contributed by atoms with Crippen LogP contribution in [0, 0.1) is 0 Å². The summed E-state index contributed by atoms with van der Waals surface area (Å²) in [5.74, 6) is -0.125. The molecule has 1 amide bonds. The normalized spacial score (nSPS) is 10.6. The van der Waals surface area contributed by atoms with Crippen LogP contribution in [0.5, 0.6) is 0 Å². The van der Waals surface area contributed by atoms with Gasteiger partial charge < -0.3 is 5.32 Å². The van der Waals surface area contributed by atoms with Gasteiger partial charge in [-0.15, -0.1) is 0 Å². The van der Waals surface area contributed by atoms with Crippen LogP contribution in [0.25, 0.3) is 0 Å². The van der Waals surface area contributed by atoms with Gasteiger partial charge in [0.2, 0.25) is 0 Å². The zero-order chi connectivity index (χ0) is 15.4. The minimum Gasteiger partial charge on any atom is -0.348 e. The second kappa shape index (κ2) is 6.21. The molecule has 3 aromatic rings. The third-order valence-electron chi connectivity index (χ3n) is 3.25. The Kier molecular flexibility index (Phi) is 3.95. The van der Waals surface area contributed by atoms with Crippen molar-refractivity contribution in [2.75, 3.05) is 0 Å². The van der Waals surface area contributed by atoms with Gasteiger partial charge in [-0.05, 0) is 11.1 Å². The Bertz CT molecular complexity index is 745. The summed E-state index contributed by atoms with van der Waals surface area (Å²) in [6.45, 7) is 1.17. The van der Waals surface area contributed by atoms with E-state index < -0.39 is 0 Å². The van der Waals surface area contributed by atoms with Gasteiger partial charge in [0.15, 0.2) is 0 Å². The van der Waals surface area contributed by atoms with Crippen molar-refractivity contribution in [2.45, 2.75) is 13.1 Å². The molecule has 112 valence electrons. The second-order valence-corrected chi connectivity index (χ2v) is 4.99. The van der Waals surface area contributed by atoms with Crippen LogP contribution in [0.4, 0.5) is 0 Å². The van der Waals surface area contributed by atoms with Crippen LogP contribution < -0.4 is 5.32 Å². The molecule has 7 nitrogen and oxygen atoms in total. The predicted molar refractivity (Wildman–Crippen MR) is 79.9 cm³/mol. The summed E-state index contributed by atoms with van der Waals surface area (Å²) < 4.78 is 3.37. The number of hydrogen-bond acceptors (Lipinski definition) is 4. The number of aryl methyl sites for hydroxylation is 1. The highest BCUT2D eigenvalue weighted by molar-refractivity contribution is 5.93. The fraction of sp³-hybridized carbons (Fsp3) is 0.200. The SMILES string of the molecule is Cn1cc(C(=O)NCc2ccc(Cn3cncn3)cc2)cn1. The number of nitrogens with zero attached hydrogens (tertiary/aromatic N) is 5. The summed E-state index contributed by atoms with van der Waals surface area (Å²) >= 11 is 0. The predicted octanol–water partition coefficient (Wildman–Crippen LogP) is 0.990. The van der Waals surface area contributed by atoms with Crippen LogP contribution in [-0.2, 0) is 20.1 Å². The van der Waals surface area contributed by atoms with Gasteiger partial charge in [0, 0.05) is 19.8 Å². The van der Waals surface area contributed by atoms with Gasteiger partial charge in [-0.1, -0.05) is 24.3 Å². The van der Waals surface area contributed by atoms with E-state index in [9.17, 15) is 4.79 Å². The van der Waals surface area contributed by atoms with Gasteiger partial charge in [-0.3, -0.25) is 9.48 Å². The van der Waals surface area contributed by atoms with Crippen molar-refractivity contribution < 1.29 is 4.79 Å². The number of carbonyl (C=O) groups excluding carboxylic acids is 1. The first-order chi connectivity index (χ1) is 10.7. The molecule has 0 aliphatic carbocycles. The molecule has 7 heteroatoms. The molecule has 0 aliphatic heterocycles. The molecule has 0 fully saturated rings. The Morgan fingerprint density at radius 1 is 1.18 bits per heavy atom. The molecule has 2 heterocycles. The fourth-order valence-electron chi connectivity index (χ4n) is 2.09. The average Bonchev–Trinajstić information content (AvgIpc) is 3.18. The van der Waals surface area contributed by atoms with Crippen molar-refractivity contribution in [1.82, 2.24) is 29.9 Å². The van der Waals surface area contributed by atoms with Crippen LogP contribution in [-0.4, -0.2) is 30.5 Å². The maximum absolute atomic E-state index is 11.9. The summed E-state index contributed by atoms with van der Waals surface area (Å²) in [6, 6.07) is 8.03. The molecule has 0 saturated heterocycles. The standard InChI is InChI=1S/C15H16N6O/c1-20-9-14(7-18-20)15(22)17-6-12-2-4-13(5-3-12)8-21-11-16-10-19-21/h2-5,7,9-11H,6,8H2,1H3,(H,17,22). The van der Waals surface area contributed by atoms with Gasteiger partial charge in [-0.25, -0.2) is 9.67 Å². The highest BCUT2D eigenvalue weighted by atomic mass is 16.1. The Balaban J connectivity index is 1.56. The zero-order valence-electron chi connectivity index (χ0n) is 12.2. The van der Waals surface area contributed by atoms with E-state index in [0.29, 0.717) is 18.7 Å². The third kappa shape index (κ3) is 3.38. The molecule has 3 rings (SSSR count). The van der Waals surface area contributed by atoms with E-state index in [1.807, 2.05) is 24.3 Å². The van der Waals surface area contributed by atoms with E-state index in [1.165, 1.54) is 6.33 Å². The summed E-state index contributed by atoms with van der Waals surface area (Å²) in [5, 5.41) is 10.9. The van der Waals surface area contributed by atoms with E-state index in [2.05, 4.69) is 20.5 Å². The third-order valence-corrected chi connectivity index (χ3v) is 3.25. The number of benzene rings is 1. The molecule has 0 spiro atoms. The largest absolute Gasteiger partial charge is 0.348 e. The van der Waals surface area contributed by atoms with E-state index >= 15 is 0 Å². The highest BCUT2D eigenvalue weighted by Crippen LogP contribution is 2.06. The zero-order valence-corrected chi connectivity index (χ0v) is 12.2. The Hall–Kier alpha value is -2.96. The maximum atomic E-state index is 11.9. The Labute approximate surface area is 127 Å². The maximum Gasteiger partial charge on any atom is 0.254 e. The average molecular weight is 296 g/mol. The molecular weight excluding hydrogens is 280 g/mol. The van der Waals surface area contributed by atoms with Crippen molar-refractivity contribution in [3.05, 3.63) is 66.0 Å². The van der Waals surface area contributed by atoms with Gasteiger partial charge in [0.05, 0.1) is 18.3 Å². The van der Waals surface area contributed by atoms with E-state index in [-0.39, 0.29) is 5.91 Å². The summed E-state index contributed by atoms with van der Waals surface area (Å²) in [4.78, 5) is 15.8. The lowest BCUT2D eigenvalue weighted by Gasteiger charge is -2.06. The quantitative estimate of drug-likeness (QED) is 0.761. The van der Waals surface area contributed by atoms with Crippen molar-refractivity contribution in [2.24, 2.45) is 7.05 Å². The molecule has 0 unspecified atom stereocenters. The molecular formula is C15H16N6O. The molecule has 0 saturated carbocycles. The van der Waals surface area contributed by atoms with Gasteiger partial charge in [0.1, 0.15) is 12.7 Å². The van der Waals surface area contributed by atoms with Gasteiger partial charge in [-0.2, -0.15) is 10.2 Å². The molecule has 0 bridgehead atoms. The molecule has 1 aromatic carbocycles. The monoisotopic (exact) mass is 296 g/mol. The van der Waals surface area contributed by atoms with Gasteiger partial charge in [0.25, 0.3) is 5.91 Å². The number of hydrogen-bond donors (Lipinski definition) is 1. The number of rotatable bonds is 5.